The standard InChI is InChI=1S/C20H24ClN3O3/c1-11-18(14(4)25)12(2)22-19(11)20(27)13(3)24(5)10-17(26)23-16-9-7-6-8-15(16)21/h6-9,13,22H,10H2,1-5H3,(H,23,26)/p+1/t13-/m1/s1. The van der Waals surface area contributed by atoms with Crippen molar-refractivity contribution in [2.45, 2.75) is 33.7 Å². The molecule has 0 bridgehead atoms. The quantitative estimate of drug-likeness (QED) is 0.634. The fraction of sp³-hybridized carbons (Fsp3) is 0.350. The number of anilines is 1. The van der Waals surface area contributed by atoms with Crippen molar-refractivity contribution in [1.82, 2.24) is 4.98 Å². The predicted octanol–water partition coefficient (Wildman–Crippen LogP) is 2.21. The van der Waals surface area contributed by atoms with E-state index in [-0.39, 0.29) is 24.0 Å². The normalized spacial score (nSPS) is 13.1. The zero-order valence-electron chi connectivity index (χ0n) is 16.2. The van der Waals surface area contributed by atoms with Gasteiger partial charge in [-0.25, -0.2) is 0 Å². The van der Waals surface area contributed by atoms with E-state index in [9.17, 15) is 14.4 Å². The summed E-state index contributed by atoms with van der Waals surface area (Å²) in [5, 5.41) is 3.22. The number of para-hydroxylation sites is 1. The maximum absolute atomic E-state index is 12.9. The van der Waals surface area contributed by atoms with E-state index in [0.29, 0.717) is 33.2 Å². The van der Waals surface area contributed by atoms with E-state index in [0.717, 1.165) is 4.90 Å². The Hall–Kier alpha value is -2.44. The van der Waals surface area contributed by atoms with Gasteiger partial charge in [0, 0.05) is 11.3 Å². The molecule has 144 valence electrons. The molecule has 0 fully saturated rings. The Morgan fingerprint density at radius 2 is 1.85 bits per heavy atom. The number of carbonyl (C=O) groups is 3. The number of hydrogen-bond acceptors (Lipinski definition) is 3. The van der Waals surface area contributed by atoms with E-state index in [1.165, 1.54) is 6.92 Å². The Morgan fingerprint density at radius 1 is 1.22 bits per heavy atom. The zero-order valence-corrected chi connectivity index (χ0v) is 17.0. The van der Waals surface area contributed by atoms with E-state index in [1.807, 2.05) is 0 Å². The number of aromatic amines is 1. The first-order valence-corrected chi connectivity index (χ1v) is 9.12. The van der Waals surface area contributed by atoms with Crippen LogP contribution in [0, 0.1) is 13.8 Å². The second-order valence-corrected chi connectivity index (χ2v) is 7.23. The van der Waals surface area contributed by atoms with E-state index >= 15 is 0 Å². The third-order valence-electron chi connectivity index (χ3n) is 4.76. The molecule has 2 atom stereocenters. The highest BCUT2D eigenvalue weighted by molar-refractivity contribution is 6.33. The minimum absolute atomic E-state index is 0.0761. The number of hydrogen-bond donors (Lipinski definition) is 3. The lowest BCUT2D eigenvalue weighted by Crippen LogP contribution is -3.14. The van der Waals surface area contributed by atoms with Crippen LogP contribution in [0.25, 0.3) is 0 Å². The minimum atomic E-state index is -0.460. The van der Waals surface area contributed by atoms with Crippen molar-refractivity contribution in [3.63, 3.8) is 0 Å². The van der Waals surface area contributed by atoms with Crippen LogP contribution in [-0.4, -0.2) is 42.1 Å². The van der Waals surface area contributed by atoms with Crippen LogP contribution in [0.5, 0.6) is 0 Å². The molecular formula is C20H25ClN3O3+. The average Bonchev–Trinajstić information content (AvgIpc) is 2.90. The predicted molar refractivity (Wildman–Crippen MR) is 106 cm³/mol. The molecule has 1 aromatic heterocycles. The lowest BCUT2D eigenvalue weighted by Gasteiger charge is -2.20. The number of likely N-dealkylation sites (N-methyl/N-ethyl adjacent to an activating group) is 1. The number of Topliss-reactive ketones (excluding diaryl/α,β-unsaturated/α-hetero) is 2. The highest BCUT2D eigenvalue weighted by atomic mass is 35.5. The summed E-state index contributed by atoms with van der Waals surface area (Å²) in [4.78, 5) is 40.7. The lowest BCUT2D eigenvalue weighted by molar-refractivity contribution is -0.885. The SMILES string of the molecule is CC(=O)c1c(C)[nH]c(C(=O)[C@@H](C)[NH+](C)CC(=O)Nc2ccccc2Cl)c1C. The van der Waals surface area contributed by atoms with Gasteiger partial charge in [-0.1, -0.05) is 23.7 Å². The molecule has 2 rings (SSSR count). The van der Waals surface area contributed by atoms with Gasteiger partial charge < -0.3 is 15.2 Å². The highest BCUT2D eigenvalue weighted by Gasteiger charge is 2.29. The molecule has 7 heteroatoms. The molecule has 1 amide bonds. The average molecular weight is 391 g/mol. The van der Waals surface area contributed by atoms with Gasteiger partial charge in [-0.15, -0.1) is 0 Å². The van der Waals surface area contributed by atoms with Crippen LogP contribution in [0.2, 0.25) is 5.02 Å². The molecular weight excluding hydrogens is 366 g/mol. The molecule has 1 unspecified atom stereocenters. The summed E-state index contributed by atoms with van der Waals surface area (Å²) in [5.74, 6) is -0.442. The first-order chi connectivity index (χ1) is 12.6. The molecule has 6 nitrogen and oxygen atoms in total. The summed E-state index contributed by atoms with van der Waals surface area (Å²) in [5.41, 5.74) is 2.86. The first-order valence-electron chi connectivity index (χ1n) is 8.74. The summed E-state index contributed by atoms with van der Waals surface area (Å²) < 4.78 is 0. The number of ketones is 2. The van der Waals surface area contributed by atoms with Crippen LogP contribution in [0.4, 0.5) is 5.69 Å². The summed E-state index contributed by atoms with van der Waals surface area (Å²) >= 11 is 6.05. The second kappa shape index (κ2) is 8.50. The number of quaternary nitrogens is 1. The van der Waals surface area contributed by atoms with Crippen molar-refractivity contribution in [2.24, 2.45) is 0 Å². The molecule has 0 aliphatic heterocycles. The summed E-state index contributed by atoms with van der Waals surface area (Å²) in [6, 6.07) is 6.53. The van der Waals surface area contributed by atoms with E-state index in [1.54, 1.807) is 52.1 Å². The lowest BCUT2D eigenvalue weighted by atomic mass is 10.0. The molecule has 0 saturated carbocycles. The number of rotatable bonds is 7. The molecule has 1 heterocycles. The van der Waals surface area contributed by atoms with Gasteiger partial charge in [0.25, 0.3) is 5.91 Å². The van der Waals surface area contributed by atoms with Crippen molar-refractivity contribution in [2.75, 3.05) is 18.9 Å². The molecule has 27 heavy (non-hydrogen) atoms. The number of aryl methyl sites for hydroxylation is 1. The van der Waals surface area contributed by atoms with Crippen LogP contribution in [-0.2, 0) is 4.79 Å². The van der Waals surface area contributed by atoms with Crippen LogP contribution in [0.1, 0.15) is 46.0 Å². The van der Waals surface area contributed by atoms with E-state index < -0.39 is 6.04 Å². The topological polar surface area (TPSA) is 83.5 Å². The Balaban J connectivity index is 2.08. The Kier molecular flexibility index (Phi) is 6.57. The molecule has 0 radical (unpaired) electrons. The number of amides is 1. The third kappa shape index (κ3) is 4.64. The summed E-state index contributed by atoms with van der Waals surface area (Å²) in [6.07, 6.45) is 0. The molecule has 0 spiro atoms. The number of halogens is 1. The van der Waals surface area contributed by atoms with Crippen molar-refractivity contribution in [3.05, 3.63) is 51.8 Å². The largest absolute Gasteiger partial charge is 0.355 e. The smallest absolute Gasteiger partial charge is 0.279 e. The van der Waals surface area contributed by atoms with Crippen LogP contribution >= 0.6 is 11.6 Å². The summed E-state index contributed by atoms with van der Waals surface area (Å²) in [7, 11) is 1.78. The summed E-state index contributed by atoms with van der Waals surface area (Å²) in [6.45, 7) is 6.90. The van der Waals surface area contributed by atoms with Crippen LogP contribution in [0.15, 0.2) is 24.3 Å². The molecule has 1 aromatic carbocycles. The van der Waals surface area contributed by atoms with Gasteiger partial charge in [0.2, 0.25) is 5.78 Å². The fourth-order valence-corrected chi connectivity index (χ4v) is 3.31. The third-order valence-corrected chi connectivity index (χ3v) is 5.09. The van der Waals surface area contributed by atoms with Gasteiger partial charge in [0.1, 0.15) is 0 Å². The van der Waals surface area contributed by atoms with Crippen molar-refractivity contribution >= 4 is 34.8 Å². The van der Waals surface area contributed by atoms with Gasteiger partial charge in [-0.2, -0.15) is 0 Å². The van der Waals surface area contributed by atoms with Gasteiger partial charge in [-0.05, 0) is 45.4 Å². The molecule has 0 saturated heterocycles. The maximum Gasteiger partial charge on any atom is 0.279 e. The maximum atomic E-state index is 12.9. The Morgan fingerprint density at radius 3 is 2.41 bits per heavy atom. The first kappa shape index (κ1) is 20.9. The fourth-order valence-electron chi connectivity index (χ4n) is 3.13. The van der Waals surface area contributed by atoms with Crippen LogP contribution in [0.3, 0.4) is 0 Å². The highest BCUT2D eigenvalue weighted by Crippen LogP contribution is 2.20. The van der Waals surface area contributed by atoms with Gasteiger partial charge in [-0.3, -0.25) is 14.4 Å². The number of aromatic nitrogens is 1. The molecule has 2 aromatic rings. The second-order valence-electron chi connectivity index (χ2n) is 6.82. The van der Waals surface area contributed by atoms with Crippen LogP contribution < -0.4 is 10.2 Å². The minimum Gasteiger partial charge on any atom is -0.355 e. The van der Waals surface area contributed by atoms with E-state index in [2.05, 4.69) is 10.3 Å². The molecule has 0 aliphatic rings. The number of benzene rings is 1. The van der Waals surface area contributed by atoms with Gasteiger partial charge in [0.15, 0.2) is 18.4 Å². The Labute approximate surface area is 163 Å². The molecule has 3 N–H and O–H groups in total. The number of carbonyl (C=O) groups excluding carboxylic acids is 3. The van der Waals surface area contributed by atoms with Gasteiger partial charge >= 0.3 is 0 Å². The van der Waals surface area contributed by atoms with E-state index in [4.69, 9.17) is 11.6 Å². The molecule has 0 aliphatic carbocycles. The number of nitrogens with one attached hydrogen (secondary N) is 3. The van der Waals surface area contributed by atoms with Gasteiger partial charge in [0.05, 0.1) is 23.5 Å². The zero-order chi connectivity index (χ0) is 20.3. The van der Waals surface area contributed by atoms with Crippen molar-refractivity contribution in [1.29, 1.82) is 0 Å². The van der Waals surface area contributed by atoms with Crippen molar-refractivity contribution < 1.29 is 19.3 Å². The monoisotopic (exact) mass is 390 g/mol. The number of H-pyrrole nitrogens is 1. The van der Waals surface area contributed by atoms with Crippen molar-refractivity contribution in [3.8, 4) is 0 Å². The Bertz CT molecular complexity index is 889.